The Morgan fingerprint density at radius 3 is 2.12 bits per heavy atom. The van der Waals surface area contributed by atoms with Gasteiger partial charge in [-0.15, -0.1) is 5.06 Å². The Labute approximate surface area is 527 Å². The molecular formula is C64H93N7O19. The molecule has 12 atom stereocenters. The normalized spacial score (nSPS) is 19.4. The molecule has 2 aromatic rings. The molecule has 0 radical (unpaired) electrons. The first-order valence-electron chi connectivity index (χ1n) is 30.7. The van der Waals surface area contributed by atoms with Gasteiger partial charge >= 0.3 is 24.1 Å². The fourth-order valence-electron chi connectivity index (χ4n) is 11.4. The third kappa shape index (κ3) is 20.2. The van der Waals surface area contributed by atoms with Gasteiger partial charge in [-0.1, -0.05) is 103 Å². The minimum Gasteiger partial charge on any atom is -0.445 e. The maximum Gasteiger partial charge on any atom is 0.410 e. The number of carbonyl (C=O) groups is 10. The lowest BCUT2D eigenvalue weighted by atomic mass is 9.89. The second-order valence-corrected chi connectivity index (χ2v) is 23.9. The first-order chi connectivity index (χ1) is 42.7. The number of carbonyl (C=O) groups excluding carboxylic acids is 10. The fourth-order valence-corrected chi connectivity index (χ4v) is 11.4. The van der Waals surface area contributed by atoms with Crippen LogP contribution in [-0.2, 0) is 78.2 Å². The number of nitrogens with one attached hydrogen (secondary N) is 2. The number of imide groups is 1. The van der Waals surface area contributed by atoms with E-state index < -0.39 is 139 Å². The number of nitrogens with zero attached hydrogens (tertiary/aromatic N) is 5. The van der Waals surface area contributed by atoms with Crippen LogP contribution in [0.15, 0.2) is 66.7 Å². The summed E-state index contributed by atoms with van der Waals surface area (Å²) >= 11 is 0. The monoisotopic (exact) mass is 1260 g/mol. The predicted molar refractivity (Wildman–Crippen MR) is 325 cm³/mol. The molecule has 0 saturated carbocycles. The number of amides is 8. The summed E-state index contributed by atoms with van der Waals surface area (Å²) in [5.41, 5.74) is 1.02. The smallest absolute Gasteiger partial charge is 0.410 e. The topological polar surface area (TPSA) is 305 Å². The molecule has 2 aromatic carbocycles. The minimum absolute atomic E-state index is 0.0145. The van der Waals surface area contributed by atoms with Crippen molar-refractivity contribution in [3.05, 3.63) is 77.9 Å². The highest BCUT2D eigenvalue weighted by Crippen LogP contribution is 2.31. The molecule has 0 spiro atoms. The van der Waals surface area contributed by atoms with E-state index >= 15 is 0 Å². The van der Waals surface area contributed by atoms with Crippen molar-refractivity contribution >= 4 is 59.6 Å². The molecule has 3 N–H and O–H groups in total. The number of methoxy groups -OCH3 is 2. The zero-order valence-corrected chi connectivity index (χ0v) is 54.2. The lowest BCUT2D eigenvalue weighted by Crippen LogP contribution is -2.60. The number of aliphatic hydroxyl groups is 1. The van der Waals surface area contributed by atoms with E-state index in [4.69, 9.17) is 38.0 Å². The third-order valence-electron chi connectivity index (χ3n) is 16.6. The SMILES string of the molecule is CC[C@H](C)[C@@H]([C@@H](CC(=O)N1CCC[C@H]1[C@H](OC)[C@@H](C)C(=O)N[C@H](C)[C@@H](O)c1ccccc1)OC)N(C)C(=O)[C@@H](NC(=O)[C@H](C(C)C)N(C)C(=O)OCc1cccc(OC(=O)CC(CN(C)C(=O)OC2C=CCOCOC2)C(=O)ON2C(=O)CCC2=O)c1)C(C)C. The summed E-state index contributed by atoms with van der Waals surface area (Å²) in [5, 5.41) is 17.1. The van der Waals surface area contributed by atoms with Gasteiger partial charge < -0.3 is 68.4 Å². The van der Waals surface area contributed by atoms with Crippen LogP contribution in [0.4, 0.5) is 9.59 Å². The van der Waals surface area contributed by atoms with Gasteiger partial charge in [-0.2, -0.15) is 0 Å². The highest BCUT2D eigenvalue weighted by atomic mass is 16.7. The summed E-state index contributed by atoms with van der Waals surface area (Å²) < 4.78 is 39.3. The molecule has 498 valence electrons. The number of likely N-dealkylation sites (tertiary alicyclic amines) is 1. The fraction of sp³-hybridized carbons (Fsp3) is 0.625. The minimum atomic E-state index is -1.45. The first kappa shape index (κ1) is 73.2. The van der Waals surface area contributed by atoms with Crippen molar-refractivity contribution in [1.82, 2.24) is 35.3 Å². The van der Waals surface area contributed by atoms with E-state index in [0.29, 0.717) is 42.0 Å². The number of rotatable bonds is 30. The molecule has 5 rings (SSSR count). The quantitative estimate of drug-likeness (QED) is 0.0397. The van der Waals surface area contributed by atoms with E-state index in [1.807, 2.05) is 32.0 Å². The van der Waals surface area contributed by atoms with Crippen LogP contribution in [0.3, 0.4) is 0 Å². The van der Waals surface area contributed by atoms with Crippen LogP contribution in [0.1, 0.15) is 118 Å². The number of aliphatic hydroxyl groups excluding tert-OH is 1. The van der Waals surface area contributed by atoms with Crippen molar-refractivity contribution in [2.24, 2.45) is 29.6 Å². The molecule has 3 aliphatic heterocycles. The number of esters is 1. The second-order valence-electron chi connectivity index (χ2n) is 23.9. The average molecular weight is 1260 g/mol. The van der Waals surface area contributed by atoms with Crippen molar-refractivity contribution in [3.8, 4) is 5.75 Å². The van der Waals surface area contributed by atoms with Crippen LogP contribution in [0, 0.1) is 29.6 Å². The van der Waals surface area contributed by atoms with Crippen LogP contribution in [0.25, 0.3) is 0 Å². The van der Waals surface area contributed by atoms with Gasteiger partial charge in [0.2, 0.25) is 23.6 Å². The highest BCUT2D eigenvalue weighted by molar-refractivity contribution is 6.02. The number of ether oxygens (including phenoxy) is 7. The molecular weight excluding hydrogens is 1170 g/mol. The van der Waals surface area contributed by atoms with Gasteiger partial charge in [0, 0.05) is 61.3 Å². The van der Waals surface area contributed by atoms with E-state index in [-0.39, 0.29) is 69.4 Å². The van der Waals surface area contributed by atoms with E-state index in [1.54, 1.807) is 83.8 Å². The van der Waals surface area contributed by atoms with Crippen molar-refractivity contribution in [1.29, 1.82) is 0 Å². The Morgan fingerprint density at radius 2 is 1.49 bits per heavy atom. The Hall–Kier alpha value is -7.52. The van der Waals surface area contributed by atoms with Crippen molar-refractivity contribution < 1.29 is 91.0 Å². The molecule has 0 aromatic heterocycles. The lowest BCUT2D eigenvalue weighted by Gasteiger charge is -2.41. The van der Waals surface area contributed by atoms with Gasteiger partial charge in [-0.25, -0.2) is 14.4 Å². The molecule has 0 bridgehead atoms. The molecule has 2 fully saturated rings. The number of benzene rings is 2. The predicted octanol–water partition coefficient (Wildman–Crippen LogP) is 5.10. The summed E-state index contributed by atoms with van der Waals surface area (Å²) in [6.45, 7) is 14.2. The first-order valence-corrected chi connectivity index (χ1v) is 30.7. The van der Waals surface area contributed by atoms with Crippen molar-refractivity contribution in [2.75, 3.05) is 68.5 Å². The van der Waals surface area contributed by atoms with Crippen molar-refractivity contribution in [2.45, 2.75) is 162 Å². The Kier molecular flexibility index (Phi) is 28.6. The van der Waals surface area contributed by atoms with E-state index in [0.717, 1.165) is 9.80 Å². The average Bonchev–Trinajstić information content (AvgIpc) is 1.63. The van der Waals surface area contributed by atoms with E-state index in [2.05, 4.69) is 10.6 Å². The number of hydrogen-bond acceptors (Lipinski definition) is 19. The summed E-state index contributed by atoms with van der Waals surface area (Å²) in [6, 6.07) is 11.1. The van der Waals surface area contributed by atoms with Gasteiger partial charge in [0.15, 0.2) is 0 Å². The number of hydroxylamine groups is 2. The summed E-state index contributed by atoms with van der Waals surface area (Å²) in [7, 11) is 7.32. The van der Waals surface area contributed by atoms with Crippen LogP contribution in [-0.4, -0.2) is 206 Å². The standard InChI is InChI=1S/C64H93N7O19/c1-14-40(6)56(49(83-12)33-52(74)70-29-19-26-48(70)58(84-13)41(7)59(77)65-42(8)57(76)44-22-16-15-17-23-44)68(10)61(79)54(38(2)3)66-60(78)55(39(4)5)69(11)64(82)87-35-43-21-18-24-46(31-43)88-53(75)32-45(62(80)90-71-50(72)27-28-51(71)73)34-67(9)63(81)89-47-25-20-30-85-37-86-36-47/h15-18,20-25,31,38-42,45,47-49,54-58,76H,14,19,26-30,32-37H2,1-13H3,(H,65,77)(H,66,78)/t40-,41+,42+,45?,47?,48-,49+,54-,55-,56-,57+,58+/m0/s1. The second kappa shape index (κ2) is 35.2. The van der Waals surface area contributed by atoms with E-state index in [9.17, 15) is 53.1 Å². The molecule has 26 nitrogen and oxygen atoms in total. The molecule has 8 amide bonds. The van der Waals surface area contributed by atoms with E-state index in [1.165, 1.54) is 51.4 Å². The zero-order valence-electron chi connectivity index (χ0n) is 54.2. The highest BCUT2D eigenvalue weighted by Gasteiger charge is 2.44. The largest absolute Gasteiger partial charge is 0.445 e. The summed E-state index contributed by atoms with van der Waals surface area (Å²) in [6.07, 6.45) is -1.05. The van der Waals surface area contributed by atoms with Gasteiger partial charge in [0.1, 0.15) is 37.3 Å². The molecule has 2 unspecified atom stereocenters. The van der Waals surface area contributed by atoms with Gasteiger partial charge in [-0.3, -0.25) is 38.5 Å². The van der Waals surface area contributed by atoms with Crippen LogP contribution < -0.4 is 15.4 Å². The molecule has 26 heteroatoms. The third-order valence-corrected chi connectivity index (χ3v) is 16.6. The lowest BCUT2D eigenvalue weighted by molar-refractivity contribution is -0.201. The van der Waals surface area contributed by atoms with Crippen LogP contribution in [0.5, 0.6) is 5.75 Å². The zero-order chi connectivity index (χ0) is 66.5. The maximum atomic E-state index is 14.8. The van der Waals surface area contributed by atoms with Gasteiger partial charge in [0.05, 0.1) is 74.3 Å². The number of hydrogen-bond donors (Lipinski definition) is 3. The van der Waals surface area contributed by atoms with Crippen LogP contribution >= 0.6 is 0 Å². The molecule has 0 aliphatic carbocycles. The molecule has 2 saturated heterocycles. The van der Waals surface area contributed by atoms with Crippen LogP contribution in [0.2, 0.25) is 0 Å². The van der Waals surface area contributed by atoms with Gasteiger partial charge in [-0.05, 0) is 66.9 Å². The molecule has 90 heavy (non-hydrogen) atoms. The maximum absolute atomic E-state index is 14.8. The molecule has 3 heterocycles. The van der Waals surface area contributed by atoms with Gasteiger partial charge in [0.25, 0.3) is 11.8 Å². The summed E-state index contributed by atoms with van der Waals surface area (Å²) in [5.74, 6) is -8.57. The Morgan fingerprint density at radius 1 is 0.800 bits per heavy atom. The summed E-state index contributed by atoms with van der Waals surface area (Å²) in [4.78, 5) is 146. The Balaban J connectivity index is 1.21. The van der Waals surface area contributed by atoms with Crippen molar-refractivity contribution in [3.63, 3.8) is 0 Å². The Bertz CT molecular complexity index is 2790. The molecule has 3 aliphatic rings. The number of likely N-dealkylation sites (N-methyl/N-ethyl adjacent to an activating group) is 2.